The zero-order chi connectivity index (χ0) is 25.4. The summed E-state index contributed by atoms with van der Waals surface area (Å²) in [5, 5.41) is 7.02. The number of H-pyrrole nitrogens is 2. The van der Waals surface area contributed by atoms with Crippen LogP contribution in [0.5, 0.6) is 0 Å². The summed E-state index contributed by atoms with van der Waals surface area (Å²) in [7, 11) is 0. The smallest absolute Gasteiger partial charge is 0.124 e. The van der Waals surface area contributed by atoms with Gasteiger partial charge in [-0.05, 0) is 105 Å². The first-order chi connectivity index (χ1) is 18.7. The third-order valence-electron chi connectivity index (χ3n) is 9.08. The molecule has 2 aromatic heterocycles. The van der Waals surface area contributed by atoms with Crippen molar-refractivity contribution >= 4 is 0 Å². The zero-order valence-electron chi connectivity index (χ0n) is 22.1. The van der Waals surface area contributed by atoms with Crippen LogP contribution in [0.3, 0.4) is 0 Å². The van der Waals surface area contributed by atoms with Gasteiger partial charge in [-0.25, -0.2) is 9.97 Å². The molecule has 6 heteroatoms. The molecule has 4 aliphatic rings. The molecule has 7 rings (SSSR count). The summed E-state index contributed by atoms with van der Waals surface area (Å²) in [6.45, 7) is 2.13. The van der Waals surface area contributed by atoms with Crippen molar-refractivity contribution in [3.05, 3.63) is 69.8 Å². The molecule has 1 spiro atoms. The summed E-state index contributed by atoms with van der Waals surface area (Å²) in [6.07, 6.45) is 17.4. The standard InChI is InChI=1S/C32H36N6/c1-2-14-32(15-3-1)18-26-22(10-12-24-20-35-30(37-24)28-6-4-16-33-28)8-9-23(27(26)19-32)11-13-25-21-36-31(38-25)29-7-5-17-34-29/h8-9,20-21,28-29,33-34H,1-7,14-19H2,(H,35,37)(H,36,38). The number of aromatic amines is 2. The van der Waals surface area contributed by atoms with Crippen LogP contribution in [0.1, 0.15) is 115 Å². The van der Waals surface area contributed by atoms with Crippen molar-refractivity contribution in [1.29, 1.82) is 0 Å². The first-order valence-electron chi connectivity index (χ1n) is 14.5. The summed E-state index contributed by atoms with van der Waals surface area (Å²) in [4.78, 5) is 16.1. The van der Waals surface area contributed by atoms with Crippen LogP contribution in [0.25, 0.3) is 0 Å². The molecule has 3 aromatic rings. The first-order valence-corrected chi connectivity index (χ1v) is 14.5. The Bertz CT molecular complexity index is 1330. The van der Waals surface area contributed by atoms with E-state index in [9.17, 15) is 0 Å². The predicted molar refractivity (Wildman–Crippen MR) is 148 cm³/mol. The molecular formula is C32H36N6. The van der Waals surface area contributed by atoms with Gasteiger partial charge in [0.1, 0.15) is 23.0 Å². The Hall–Kier alpha value is -3.32. The second-order valence-corrected chi connectivity index (χ2v) is 11.7. The Kier molecular flexibility index (Phi) is 6.32. The lowest BCUT2D eigenvalue weighted by atomic mass is 9.72. The van der Waals surface area contributed by atoms with E-state index in [1.165, 1.54) is 56.1 Å². The zero-order valence-corrected chi connectivity index (χ0v) is 22.1. The minimum absolute atomic E-state index is 0.333. The van der Waals surface area contributed by atoms with Gasteiger partial charge in [-0.2, -0.15) is 0 Å². The van der Waals surface area contributed by atoms with E-state index in [0.717, 1.165) is 72.9 Å². The van der Waals surface area contributed by atoms with Gasteiger partial charge < -0.3 is 20.6 Å². The molecule has 0 bridgehead atoms. The third kappa shape index (κ3) is 4.68. The van der Waals surface area contributed by atoms with Crippen LogP contribution in [-0.2, 0) is 12.8 Å². The SMILES string of the molecule is C(#Cc1ccc(C#Cc2cnc(C3CCCN3)[nH]2)c2c1CC1(CCCCC1)C2)c1cnc(C2CCCN2)[nH]1. The predicted octanol–water partition coefficient (Wildman–Crippen LogP) is 4.83. The Balaban J connectivity index is 1.18. The fraction of sp³-hybridized carbons (Fsp3) is 0.500. The lowest BCUT2D eigenvalue weighted by molar-refractivity contribution is 0.202. The van der Waals surface area contributed by atoms with Gasteiger partial charge in [0.05, 0.1) is 24.5 Å². The fourth-order valence-corrected chi connectivity index (χ4v) is 7.06. The maximum absolute atomic E-state index is 4.59. The van der Waals surface area contributed by atoms with Crippen molar-refractivity contribution in [3.63, 3.8) is 0 Å². The summed E-state index contributed by atoms with van der Waals surface area (Å²) < 4.78 is 0. The molecule has 1 aromatic carbocycles. The maximum Gasteiger partial charge on any atom is 0.124 e. The van der Waals surface area contributed by atoms with Gasteiger partial charge >= 0.3 is 0 Å². The van der Waals surface area contributed by atoms with Crippen LogP contribution in [0.15, 0.2) is 24.5 Å². The molecule has 1 saturated carbocycles. The molecule has 0 amide bonds. The lowest BCUT2D eigenvalue weighted by Gasteiger charge is -2.33. The van der Waals surface area contributed by atoms with Gasteiger partial charge in [0.2, 0.25) is 0 Å². The van der Waals surface area contributed by atoms with E-state index in [2.05, 4.69) is 66.4 Å². The summed E-state index contributed by atoms with van der Waals surface area (Å²) >= 11 is 0. The Morgan fingerprint density at radius 3 is 1.66 bits per heavy atom. The highest BCUT2D eigenvalue weighted by atomic mass is 15.0. The highest BCUT2D eigenvalue weighted by Crippen LogP contribution is 2.48. The summed E-state index contributed by atoms with van der Waals surface area (Å²) in [6, 6.07) is 5.04. The van der Waals surface area contributed by atoms with Crippen molar-refractivity contribution in [1.82, 2.24) is 30.6 Å². The summed E-state index contributed by atoms with van der Waals surface area (Å²) in [5.41, 5.74) is 7.32. The monoisotopic (exact) mass is 504 g/mol. The number of hydrogen-bond donors (Lipinski definition) is 4. The van der Waals surface area contributed by atoms with Crippen LogP contribution < -0.4 is 10.6 Å². The molecule has 2 aliphatic carbocycles. The van der Waals surface area contributed by atoms with Gasteiger partial charge in [0.25, 0.3) is 0 Å². The van der Waals surface area contributed by atoms with Crippen LogP contribution in [-0.4, -0.2) is 33.0 Å². The number of hydrogen-bond acceptors (Lipinski definition) is 4. The number of benzene rings is 1. The van der Waals surface area contributed by atoms with Gasteiger partial charge in [0, 0.05) is 11.1 Å². The summed E-state index contributed by atoms with van der Waals surface area (Å²) in [5.74, 6) is 15.8. The van der Waals surface area contributed by atoms with E-state index < -0.39 is 0 Å². The fourth-order valence-electron chi connectivity index (χ4n) is 7.06. The molecule has 4 heterocycles. The molecule has 2 unspecified atom stereocenters. The van der Waals surface area contributed by atoms with E-state index in [4.69, 9.17) is 0 Å². The van der Waals surface area contributed by atoms with Crippen molar-refractivity contribution in [2.24, 2.45) is 5.41 Å². The molecule has 3 fully saturated rings. The molecule has 4 N–H and O–H groups in total. The van der Waals surface area contributed by atoms with Crippen LogP contribution >= 0.6 is 0 Å². The van der Waals surface area contributed by atoms with E-state index in [-0.39, 0.29) is 0 Å². The van der Waals surface area contributed by atoms with Gasteiger partial charge in [-0.15, -0.1) is 0 Å². The van der Waals surface area contributed by atoms with Crippen molar-refractivity contribution < 1.29 is 0 Å². The topological polar surface area (TPSA) is 81.4 Å². The Morgan fingerprint density at radius 2 is 1.18 bits per heavy atom. The van der Waals surface area contributed by atoms with Crippen LogP contribution in [0, 0.1) is 29.1 Å². The van der Waals surface area contributed by atoms with Crippen molar-refractivity contribution in [2.45, 2.75) is 82.7 Å². The van der Waals surface area contributed by atoms with E-state index >= 15 is 0 Å². The number of nitrogens with one attached hydrogen (secondary N) is 4. The molecule has 38 heavy (non-hydrogen) atoms. The van der Waals surface area contributed by atoms with Gasteiger partial charge in [-0.1, -0.05) is 31.1 Å². The van der Waals surface area contributed by atoms with Crippen molar-refractivity contribution in [3.8, 4) is 23.7 Å². The van der Waals surface area contributed by atoms with Crippen LogP contribution in [0.2, 0.25) is 0 Å². The molecule has 6 nitrogen and oxygen atoms in total. The van der Waals surface area contributed by atoms with E-state index in [0.29, 0.717) is 17.5 Å². The Labute approximate surface area is 225 Å². The molecule has 2 saturated heterocycles. The highest BCUT2D eigenvalue weighted by Gasteiger charge is 2.40. The minimum Gasteiger partial charge on any atom is -0.334 e. The number of nitrogens with zero attached hydrogens (tertiary/aromatic N) is 2. The first kappa shape index (κ1) is 23.8. The second kappa shape index (κ2) is 10.1. The normalized spacial score (nSPS) is 23.6. The maximum atomic E-state index is 4.59. The molecule has 2 atom stereocenters. The highest BCUT2D eigenvalue weighted by molar-refractivity contribution is 5.58. The molecular weight excluding hydrogens is 468 g/mol. The largest absolute Gasteiger partial charge is 0.334 e. The number of rotatable bonds is 2. The average Bonchev–Trinajstić information content (AvgIpc) is 3.77. The van der Waals surface area contributed by atoms with Gasteiger partial charge in [-0.3, -0.25) is 0 Å². The second-order valence-electron chi connectivity index (χ2n) is 11.7. The molecule has 2 aliphatic heterocycles. The number of imidazole rings is 2. The van der Waals surface area contributed by atoms with Crippen molar-refractivity contribution in [2.75, 3.05) is 13.1 Å². The average molecular weight is 505 g/mol. The van der Waals surface area contributed by atoms with E-state index in [1.54, 1.807) is 0 Å². The minimum atomic E-state index is 0.333. The molecule has 0 radical (unpaired) electrons. The Morgan fingerprint density at radius 1 is 0.658 bits per heavy atom. The number of fused-ring (bicyclic) bond motifs is 1. The van der Waals surface area contributed by atoms with Crippen LogP contribution in [0.4, 0.5) is 0 Å². The van der Waals surface area contributed by atoms with Gasteiger partial charge in [0.15, 0.2) is 0 Å². The number of aromatic nitrogens is 4. The third-order valence-corrected chi connectivity index (χ3v) is 9.08. The quantitative estimate of drug-likeness (QED) is 0.377. The van der Waals surface area contributed by atoms with E-state index in [1.807, 2.05) is 12.4 Å². The lowest BCUT2D eigenvalue weighted by Crippen LogP contribution is -2.24. The molecule has 194 valence electrons.